The van der Waals surface area contributed by atoms with E-state index >= 15 is 0 Å². The first-order valence-electron chi connectivity index (χ1n) is 8.05. The maximum absolute atomic E-state index is 12.4. The second-order valence-corrected chi connectivity index (χ2v) is 6.07. The first-order valence-corrected chi connectivity index (χ1v) is 8.05. The first kappa shape index (κ1) is 19.1. The van der Waals surface area contributed by atoms with Gasteiger partial charge in [-0.15, -0.1) is 13.2 Å². The number of carbonyl (C=O) groups is 2. The summed E-state index contributed by atoms with van der Waals surface area (Å²) in [6.07, 6.45) is -3.60. The molecule has 2 atom stereocenters. The number of hydrogen-bond acceptors (Lipinski definition) is 3. The van der Waals surface area contributed by atoms with Crippen LogP contribution in [0.4, 0.5) is 13.2 Å². The van der Waals surface area contributed by atoms with Gasteiger partial charge in [0.2, 0.25) is 5.91 Å². The Kier molecular flexibility index (Phi) is 5.92. The third kappa shape index (κ3) is 5.11. The number of piperidine rings is 1. The highest BCUT2D eigenvalue weighted by Crippen LogP contribution is 2.28. The number of likely N-dealkylation sites (tertiary alicyclic amines) is 1. The maximum Gasteiger partial charge on any atom is 0.573 e. The minimum absolute atomic E-state index is 0.00505. The molecule has 0 saturated carbocycles. The predicted molar refractivity (Wildman–Crippen MR) is 83.0 cm³/mol. The molecule has 1 N–H and O–H groups in total. The number of carboxylic acid groups (broad SMARTS) is 1. The van der Waals surface area contributed by atoms with Crippen molar-refractivity contribution in [3.8, 4) is 5.75 Å². The molecule has 1 heterocycles. The Hall–Kier alpha value is -2.25. The Bertz CT molecular complexity index is 633. The quantitative estimate of drug-likeness (QED) is 0.877. The molecule has 0 spiro atoms. The zero-order valence-electron chi connectivity index (χ0n) is 13.8. The van der Waals surface area contributed by atoms with E-state index in [0.29, 0.717) is 19.4 Å². The number of hydrogen-bond donors (Lipinski definition) is 1. The molecule has 8 heteroatoms. The highest BCUT2D eigenvalue weighted by atomic mass is 19.4. The average Bonchev–Trinajstić information content (AvgIpc) is 2.52. The van der Waals surface area contributed by atoms with Crippen LogP contribution < -0.4 is 4.74 Å². The lowest BCUT2D eigenvalue weighted by Gasteiger charge is -2.37. The number of benzene rings is 1. The number of para-hydroxylation sites is 1. The van der Waals surface area contributed by atoms with Crippen LogP contribution in [0, 0.1) is 5.92 Å². The van der Waals surface area contributed by atoms with E-state index < -0.39 is 24.3 Å². The highest BCUT2D eigenvalue weighted by Gasteiger charge is 2.35. The van der Waals surface area contributed by atoms with Gasteiger partial charge in [0.25, 0.3) is 0 Å². The number of rotatable bonds is 5. The summed E-state index contributed by atoms with van der Waals surface area (Å²) in [6, 6.07) is 5.26. The van der Waals surface area contributed by atoms with E-state index in [1.54, 1.807) is 13.0 Å². The van der Waals surface area contributed by atoms with Crippen molar-refractivity contribution in [3.05, 3.63) is 29.8 Å². The Morgan fingerprint density at radius 1 is 1.32 bits per heavy atom. The van der Waals surface area contributed by atoms with E-state index in [2.05, 4.69) is 4.74 Å². The van der Waals surface area contributed by atoms with Gasteiger partial charge in [-0.1, -0.05) is 18.2 Å². The van der Waals surface area contributed by atoms with Crippen LogP contribution in [-0.4, -0.2) is 40.8 Å². The lowest BCUT2D eigenvalue weighted by atomic mass is 9.90. The summed E-state index contributed by atoms with van der Waals surface area (Å²) >= 11 is 0. The van der Waals surface area contributed by atoms with Gasteiger partial charge in [-0.3, -0.25) is 9.59 Å². The minimum atomic E-state index is -4.80. The molecule has 2 rings (SSSR count). The van der Waals surface area contributed by atoms with Gasteiger partial charge in [-0.05, 0) is 37.8 Å². The van der Waals surface area contributed by atoms with Crippen molar-refractivity contribution in [1.29, 1.82) is 0 Å². The molecule has 138 valence electrons. The summed E-state index contributed by atoms with van der Waals surface area (Å²) in [4.78, 5) is 25.2. The lowest BCUT2D eigenvalue weighted by molar-refractivity contribution is -0.274. The van der Waals surface area contributed by atoms with E-state index in [9.17, 15) is 27.9 Å². The fraction of sp³-hybridized carbons (Fsp3) is 0.529. The number of nitrogens with zero attached hydrogens (tertiary/aromatic N) is 1. The number of alkyl halides is 3. The van der Waals surface area contributed by atoms with Gasteiger partial charge in [0.05, 0.1) is 5.92 Å². The van der Waals surface area contributed by atoms with Gasteiger partial charge in [0.15, 0.2) is 0 Å². The van der Waals surface area contributed by atoms with E-state index in [1.165, 1.54) is 23.1 Å². The minimum Gasteiger partial charge on any atom is -0.481 e. The molecule has 0 bridgehead atoms. The second kappa shape index (κ2) is 7.76. The Balaban J connectivity index is 2.02. The normalized spacial score (nSPS) is 21.0. The van der Waals surface area contributed by atoms with Crippen LogP contribution in [0.5, 0.6) is 5.75 Å². The molecule has 1 saturated heterocycles. The van der Waals surface area contributed by atoms with Crippen LogP contribution in [0.1, 0.15) is 31.7 Å². The molecule has 1 aliphatic rings. The van der Waals surface area contributed by atoms with E-state index in [4.69, 9.17) is 0 Å². The van der Waals surface area contributed by atoms with Crippen LogP contribution in [0.25, 0.3) is 0 Å². The number of aliphatic carboxylic acids is 1. The van der Waals surface area contributed by atoms with Crippen molar-refractivity contribution < 1.29 is 32.6 Å². The van der Waals surface area contributed by atoms with Crippen molar-refractivity contribution in [2.75, 3.05) is 6.54 Å². The van der Waals surface area contributed by atoms with Crippen molar-refractivity contribution in [3.63, 3.8) is 0 Å². The number of aryl methyl sites for hydroxylation is 1. The van der Waals surface area contributed by atoms with Gasteiger partial charge in [0, 0.05) is 19.0 Å². The van der Waals surface area contributed by atoms with E-state index in [-0.39, 0.29) is 30.1 Å². The molecular weight excluding hydrogens is 339 g/mol. The number of amides is 1. The molecule has 5 nitrogen and oxygen atoms in total. The third-order valence-corrected chi connectivity index (χ3v) is 4.43. The SMILES string of the molecule is C[C@@H]1[C@H](C(=O)O)CCCN1C(=O)CCc1ccccc1OC(F)(F)F. The van der Waals surface area contributed by atoms with Gasteiger partial charge >= 0.3 is 12.3 Å². The van der Waals surface area contributed by atoms with Gasteiger partial charge < -0.3 is 14.7 Å². The van der Waals surface area contributed by atoms with E-state index in [1.807, 2.05) is 0 Å². The van der Waals surface area contributed by atoms with Crippen molar-refractivity contribution >= 4 is 11.9 Å². The standard InChI is InChI=1S/C17H20F3NO4/c1-11-13(16(23)24)6-4-10-21(11)15(22)9-8-12-5-2-3-7-14(12)25-17(18,19)20/h2-3,5,7,11,13H,4,6,8-10H2,1H3,(H,23,24)/t11-,13-/m1/s1. The summed E-state index contributed by atoms with van der Waals surface area (Å²) in [7, 11) is 0. The summed E-state index contributed by atoms with van der Waals surface area (Å²) < 4.78 is 41.3. The zero-order chi connectivity index (χ0) is 18.6. The average molecular weight is 359 g/mol. The fourth-order valence-corrected chi connectivity index (χ4v) is 3.15. The smallest absolute Gasteiger partial charge is 0.481 e. The summed E-state index contributed by atoms with van der Waals surface area (Å²) in [5, 5.41) is 9.20. The van der Waals surface area contributed by atoms with Crippen molar-refractivity contribution in [1.82, 2.24) is 4.90 Å². The fourth-order valence-electron chi connectivity index (χ4n) is 3.15. The van der Waals surface area contributed by atoms with Crippen LogP contribution in [0.3, 0.4) is 0 Å². The number of carbonyl (C=O) groups excluding carboxylic acids is 1. The summed E-state index contributed by atoms with van der Waals surface area (Å²) in [5.41, 5.74) is 0.285. The highest BCUT2D eigenvalue weighted by molar-refractivity contribution is 5.79. The molecule has 1 aliphatic heterocycles. The topological polar surface area (TPSA) is 66.8 Å². The van der Waals surface area contributed by atoms with Crippen LogP contribution in [0.15, 0.2) is 24.3 Å². The van der Waals surface area contributed by atoms with Gasteiger partial charge in [-0.25, -0.2) is 0 Å². The number of ether oxygens (including phenoxy) is 1. The molecule has 1 fully saturated rings. The first-order chi connectivity index (χ1) is 11.7. The number of carboxylic acids is 1. The molecule has 0 aliphatic carbocycles. The van der Waals surface area contributed by atoms with Crippen molar-refractivity contribution in [2.45, 2.75) is 45.0 Å². The number of halogens is 3. The molecular formula is C17H20F3NO4. The Labute approximate surface area is 143 Å². The third-order valence-electron chi connectivity index (χ3n) is 4.43. The monoisotopic (exact) mass is 359 g/mol. The zero-order valence-corrected chi connectivity index (χ0v) is 13.8. The maximum atomic E-state index is 12.4. The van der Waals surface area contributed by atoms with Gasteiger partial charge in [0.1, 0.15) is 5.75 Å². The second-order valence-electron chi connectivity index (χ2n) is 6.07. The van der Waals surface area contributed by atoms with E-state index in [0.717, 1.165) is 0 Å². The van der Waals surface area contributed by atoms with Crippen LogP contribution in [-0.2, 0) is 16.0 Å². The Morgan fingerprint density at radius 2 is 2.00 bits per heavy atom. The largest absolute Gasteiger partial charge is 0.573 e. The predicted octanol–water partition coefficient (Wildman–Crippen LogP) is 3.23. The molecule has 1 amide bonds. The van der Waals surface area contributed by atoms with Crippen molar-refractivity contribution in [2.24, 2.45) is 5.92 Å². The lowest BCUT2D eigenvalue weighted by Crippen LogP contribution is -2.49. The van der Waals surface area contributed by atoms with Crippen LogP contribution in [0.2, 0.25) is 0 Å². The van der Waals surface area contributed by atoms with Gasteiger partial charge in [-0.2, -0.15) is 0 Å². The molecule has 0 radical (unpaired) electrons. The van der Waals surface area contributed by atoms with Crippen LogP contribution >= 0.6 is 0 Å². The molecule has 0 aromatic heterocycles. The summed E-state index contributed by atoms with van der Waals surface area (Å²) in [6.45, 7) is 2.15. The summed E-state index contributed by atoms with van der Waals surface area (Å²) in [5.74, 6) is -2.13. The molecule has 25 heavy (non-hydrogen) atoms. The Morgan fingerprint density at radius 3 is 2.64 bits per heavy atom. The molecule has 1 aromatic carbocycles. The molecule has 0 unspecified atom stereocenters. The molecule has 1 aromatic rings.